The van der Waals surface area contributed by atoms with Crippen LogP contribution in [0.15, 0.2) is 23.1 Å². The first-order chi connectivity index (χ1) is 9.48. The van der Waals surface area contributed by atoms with Crippen LogP contribution in [0.4, 0.5) is 0 Å². The van der Waals surface area contributed by atoms with Crippen LogP contribution in [-0.2, 0) is 10.0 Å². The third-order valence-electron chi connectivity index (χ3n) is 3.03. The summed E-state index contributed by atoms with van der Waals surface area (Å²) < 4.78 is 37.0. The van der Waals surface area contributed by atoms with E-state index in [9.17, 15) is 8.42 Å². The highest BCUT2D eigenvalue weighted by atomic mass is 32.2. The maximum absolute atomic E-state index is 12.4. The highest BCUT2D eigenvalue weighted by molar-refractivity contribution is 7.89. The van der Waals surface area contributed by atoms with Crippen molar-refractivity contribution in [1.82, 2.24) is 4.31 Å². The molecule has 1 heterocycles. The van der Waals surface area contributed by atoms with Crippen LogP contribution in [-0.4, -0.2) is 45.1 Å². The molecule has 2 N–H and O–H groups in total. The summed E-state index contributed by atoms with van der Waals surface area (Å²) in [6, 6.07) is 4.60. The molecule has 0 aromatic heterocycles. The zero-order valence-corrected chi connectivity index (χ0v) is 12.5. The van der Waals surface area contributed by atoms with E-state index >= 15 is 0 Å². The molecule has 2 rings (SSSR count). The number of nitrogens with zero attached hydrogens (tertiary/aromatic N) is 1. The number of rotatable bonds is 6. The van der Waals surface area contributed by atoms with Gasteiger partial charge >= 0.3 is 0 Å². The zero-order valence-electron chi connectivity index (χ0n) is 11.7. The molecule has 1 aromatic rings. The van der Waals surface area contributed by atoms with Crippen LogP contribution in [0.1, 0.15) is 13.8 Å². The number of hydrogen-bond donors (Lipinski definition) is 1. The molecule has 1 fully saturated rings. The molecule has 1 aromatic carbocycles. The molecule has 20 heavy (non-hydrogen) atoms. The van der Waals surface area contributed by atoms with Gasteiger partial charge in [-0.1, -0.05) is 0 Å². The molecule has 6 nitrogen and oxygen atoms in total. The fourth-order valence-electron chi connectivity index (χ4n) is 2.01. The molecule has 1 aliphatic rings. The van der Waals surface area contributed by atoms with Crippen LogP contribution in [0.3, 0.4) is 0 Å². The van der Waals surface area contributed by atoms with Gasteiger partial charge in [0.25, 0.3) is 0 Å². The zero-order chi connectivity index (χ0) is 14.8. The van der Waals surface area contributed by atoms with E-state index in [-0.39, 0.29) is 10.9 Å². The van der Waals surface area contributed by atoms with E-state index in [1.807, 2.05) is 13.8 Å². The minimum Gasteiger partial charge on any atom is -0.490 e. The van der Waals surface area contributed by atoms with Gasteiger partial charge < -0.3 is 15.2 Å². The lowest BCUT2D eigenvalue weighted by Gasteiger charge is -2.35. The average Bonchev–Trinajstić information content (AvgIpc) is 2.37. The molecule has 1 saturated heterocycles. The number of hydrogen-bond acceptors (Lipinski definition) is 5. The van der Waals surface area contributed by atoms with Gasteiger partial charge in [0.2, 0.25) is 10.0 Å². The molecule has 0 saturated carbocycles. The van der Waals surface area contributed by atoms with Gasteiger partial charge in [-0.2, -0.15) is 4.31 Å². The first kappa shape index (κ1) is 15.1. The Morgan fingerprint density at radius 1 is 1.20 bits per heavy atom. The van der Waals surface area contributed by atoms with Crippen LogP contribution < -0.4 is 15.2 Å². The standard InChI is InChI=1S/C13H20N2O4S/c1-3-18-12-6-5-11(7-13(12)19-4-2)20(16,17)15-8-10(14)9-15/h5-7,10H,3-4,8-9,14H2,1-2H3. The molecular formula is C13H20N2O4S. The van der Waals surface area contributed by atoms with Crippen molar-refractivity contribution in [2.45, 2.75) is 24.8 Å². The van der Waals surface area contributed by atoms with E-state index in [4.69, 9.17) is 15.2 Å². The second-order valence-corrected chi connectivity index (χ2v) is 6.49. The Hall–Kier alpha value is -1.31. The summed E-state index contributed by atoms with van der Waals surface area (Å²) in [5.41, 5.74) is 5.63. The number of nitrogens with two attached hydrogens (primary N) is 1. The van der Waals surface area contributed by atoms with E-state index in [1.54, 1.807) is 6.07 Å². The fourth-order valence-corrected chi connectivity index (χ4v) is 3.58. The molecule has 7 heteroatoms. The van der Waals surface area contributed by atoms with Crippen molar-refractivity contribution in [3.8, 4) is 11.5 Å². The van der Waals surface area contributed by atoms with Crippen molar-refractivity contribution in [1.29, 1.82) is 0 Å². The lowest BCUT2D eigenvalue weighted by Crippen LogP contribution is -2.57. The summed E-state index contributed by atoms with van der Waals surface area (Å²) in [7, 11) is -3.49. The van der Waals surface area contributed by atoms with Crippen molar-refractivity contribution >= 4 is 10.0 Å². The van der Waals surface area contributed by atoms with Crippen molar-refractivity contribution in [2.75, 3.05) is 26.3 Å². The largest absolute Gasteiger partial charge is 0.490 e. The highest BCUT2D eigenvalue weighted by Gasteiger charge is 2.35. The first-order valence-corrected chi connectivity index (χ1v) is 8.08. The highest BCUT2D eigenvalue weighted by Crippen LogP contribution is 2.32. The number of benzene rings is 1. The third-order valence-corrected chi connectivity index (χ3v) is 4.86. The first-order valence-electron chi connectivity index (χ1n) is 6.64. The van der Waals surface area contributed by atoms with E-state index in [0.29, 0.717) is 37.8 Å². The predicted molar refractivity (Wildman–Crippen MR) is 75.5 cm³/mol. The summed E-state index contributed by atoms with van der Waals surface area (Å²) in [5.74, 6) is 0.994. The SMILES string of the molecule is CCOc1ccc(S(=O)(=O)N2CC(N)C2)cc1OCC. The van der Waals surface area contributed by atoms with Crippen LogP contribution in [0.25, 0.3) is 0 Å². The molecular weight excluding hydrogens is 280 g/mol. The van der Waals surface area contributed by atoms with Gasteiger partial charge in [-0.05, 0) is 26.0 Å². The molecule has 0 unspecified atom stereocenters. The Labute approximate surface area is 119 Å². The monoisotopic (exact) mass is 300 g/mol. The Balaban J connectivity index is 2.30. The van der Waals surface area contributed by atoms with Crippen LogP contribution in [0.2, 0.25) is 0 Å². The molecule has 0 spiro atoms. The third kappa shape index (κ3) is 2.89. The minimum absolute atomic E-state index is 0.0705. The van der Waals surface area contributed by atoms with Gasteiger partial charge in [0.1, 0.15) is 0 Å². The summed E-state index contributed by atoms with van der Waals surface area (Å²) >= 11 is 0. The summed E-state index contributed by atoms with van der Waals surface area (Å²) in [5, 5.41) is 0. The lowest BCUT2D eigenvalue weighted by atomic mass is 10.2. The summed E-state index contributed by atoms with van der Waals surface area (Å²) in [6.45, 7) is 5.36. The van der Waals surface area contributed by atoms with E-state index in [0.717, 1.165) is 0 Å². The van der Waals surface area contributed by atoms with E-state index < -0.39 is 10.0 Å². The van der Waals surface area contributed by atoms with Gasteiger partial charge in [-0.25, -0.2) is 8.42 Å². The van der Waals surface area contributed by atoms with Crippen LogP contribution in [0, 0.1) is 0 Å². The Morgan fingerprint density at radius 3 is 2.35 bits per heavy atom. The van der Waals surface area contributed by atoms with Gasteiger partial charge in [0.15, 0.2) is 11.5 Å². The van der Waals surface area contributed by atoms with Gasteiger partial charge in [0.05, 0.1) is 18.1 Å². The molecule has 1 aliphatic heterocycles. The summed E-state index contributed by atoms with van der Waals surface area (Å²) in [4.78, 5) is 0.205. The quantitative estimate of drug-likeness (QED) is 0.841. The van der Waals surface area contributed by atoms with Crippen molar-refractivity contribution in [3.63, 3.8) is 0 Å². The molecule has 0 atom stereocenters. The van der Waals surface area contributed by atoms with E-state index in [2.05, 4.69) is 0 Å². The molecule has 0 bridgehead atoms. The summed E-state index contributed by atoms with van der Waals surface area (Å²) in [6.07, 6.45) is 0. The normalized spacial score (nSPS) is 16.8. The smallest absolute Gasteiger partial charge is 0.243 e. The predicted octanol–water partition coefficient (Wildman–Crippen LogP) is 0.816. The molecule has 112 valence electrons. The molecule has 0 amide bonds. The van der Waals surface area contributed by atoms with Crippen molar-refractivity contribution in [3.05, 3.63) is 18.2 Å². The Kier molecular flexibility index (Phi) is 4.52. The van der Waals surface area contributed by atoms with E-state index in [1.165, 1.54) is 16.4 Å². The average molecular weight is 300 g/mol. The number of sulfonamides is 1. The lowest BCUT2D eigenvalue weighted by molar-refractivity contribution is 0.265. The second kappa shape index (κ2) is 5.99. The maximum Gasteiger partial charge on any atom is 0.243 e. The second-order valence-electron chi connectivity index (χ2n) is 4.56. The molecule has 0 aliphatic carbocycles. The van der Waals surface area contributed by atoms with Crippen molar-refractivity contribution in [2.24, 2.45) is 5.73 Å². The van der Waals surface area contributed by atoms with Crippen LogP contribution >= 0.6 is 0 Å². The van der Waals surface area contributed by atoms with Gasteiger partial charge in [-0.15, -0.1) is 0 Å². The number of ether oxygens (including phenoxy) is 2. The van der Waals surface area contributed by atoms with Gasteiger partial charge in [0, 0.05) is 25.2 Å². The topological polar surface area (TPSA) is 81.9 Å². The molecule has 0 radical (unpaired) electrons. The van der Waals surface area contributed by atoms with Crippen LogP contribution in [0.5, 0.6) is 11.5 Å². The fraction of sp³-hybridized carbons (Fsp3) is 0.538. The Bertz CT molecular complexity index is 568. The Morgan fingerprint density at radius 2 is 1.80 bits per heavy atom. The minimum atomic E-state index is -3.49. The van der Waals surface area contributed by atoms with Crippen molar-refractivity contribution < 1.29 is 17.9 Å². The van der Waals surface area contributed by atoms with Gasteiger partial charge in [-0.3, -0.25) is 0 Å². The maximum atomic E-state index is 12.4.